The Balaban J connectivity index is 1.83. The fraction of sp³-hybridized carbons (Fsp3) is 0.692. The van der Waals surface area contributed by atoms with Crippen LogP contribution >= 0.6 is 22.9 Å². The monoisotopic (exact) mass is 242 g/mol. The molecular weight excluding hydrogens is 224 g/mol. The van der Waals surface area contributed by atoms with Gasteiger partial charge < -0.3 is 0 Å². The van der Waals surface area contributed by atoms with Gasteiger partial charge >= 0.3 is 0 Å². The van der Waals surface area contributed by atoms with E-state index in [0.29, 0.717) is 5.38 Å². The van der Waals surface area contributed by atoms with Crippen LogP contribution in [0.4, 0.5) is 0 Å². The van der Waals surface area contributed by atoms with Crippen molar-refractivity contribution in [1.82, 2.24) is 0 Å². The standard InChI is InChI=1S/C13H19ClS/c1-10-2-4-12(5-3-10)13(14)8-11-6-7-15-9-11/h6-7,9-10,12-13H,2-5,8H2,1H3. The number of halogens is 1. The van der Waals surface area contributed by atoms with Gasteiger partial charge in [-0.1, -0.05) is 19.8 Å². The summed E-state index contributed by atoms with van der Waals surface area (Å²) < 4.78 is 0. The van der Waals surface area contributed by atoms with Crippen LogP contribution in [0.3, 0.4) is 0 Å². The molecule has 1 aromatic heterocycles. The van der Waals surface area contributed by atoms with E-state index < -0.39 is 0 Å². The molecule has 0 amide bonds. The molecule has 0 nitrogen and oxygen atoms in total. The van der Waals surface area contributed by atoms with Gasteiger partial charge in [-0.3, -0.25) is 0 Å². The molecule has 1 saturated carbocycles. The quantitative estimate of drug-likeness (QED) is 0.673. The SMILES string of the molecule is CC1CCC(C(Cl)Cc2ccsc2)CC1. The molecule has 0 N–H and O–H groups in total. The predicted molar refractivity (Wildman–Crippen MR) is 68.8 cm³/mol. The number of alkyl halides is 1. The molecule has 2 rings (SSSR count). The average Bonchev–Trinajstić information content (AvgIpc) is 2.71. The number of hydrogen-bond acceptors (Lipinski definition) is 1. The first kappa shape index (κ1) is 11.5. The van der Waals surface area contributed by atoms with Gasteiger partial charge in [0, 0.05) is 5.38 Å². The van der Waals surface area contributed by atoms with E-state index in [-0.39, 0.29) is 0 Å². The Bertz CT molecular complexity index is 273. The third kappa shape index (κ3) is 3.22. The molecular formula is C13H19ClS. The lowest BCUT2D eigenvalue weighted by atomic mass is 9.80. The molecule has 1 heterocycles. The molecule has 0 aromatic carbocycles. The highest BCUT2D eigenvalue weighted by atomic mass is 35.5. The Morgan fingerprint density at radius 3 is 2.73 bits per heavy atom. The van der Waals surface area contributed by atoms with E-state index >= 15 is 0 Å². The lowest BCUT2D eigenvalue weighted by Gasteiger charge is -2.29. The van der Waals surface area contributed by atoms with Gasteiger partial charge in [-0.15, -0.1) is 11.6 Å². The van der Waals surface area contributed by atoms with Crippen LogP contribution in [0, 0.1) is 11.8 Å². The zero-order valence-electron chi connectivity index (χ0n) is 9.29. The fourth-order valence-corrected chi connectivity index (χ4v) is 3.56. The van der Waals surface area contributed by atoms with E-state index in [2.05, 4.69) is 23.8 Å². The number of hydrogen-bond donors (Lipinski definition) is 0. The van der Waals surface area contributed by atoms with Crippen LogP contribution in [-0.2, 0) is 6.42 Å². The van der Waals surface area contributed by atoms with Crippen molar-refractivity contribution in [3.63, 3.8) is 0 Å². The molecule has 1 aliphatic rings. The van der Waals surface area contributed by atoms with E-state index in [0.717, 1.165) is 18.3 Å². The van der Waals surface area contributed by atoms with Crippen molar-refractivity contribution in [3.8, 4) is 0 Å². The summed E-state index contributed by atoms with van der Waals surface area (Å²) in [6.07, 6.45) is 6.47. The summed E-state index contributed by atoms with van der Waals surface area (Å²) in [7, 11) is 0. The van der Waals surface area contributed by atoms with E-state index in [1.807, 2.05) is 0 Å². The summed E-state index contributed by atoms with van der Waals surface area (Å²) in [5, 5.41) is 4.72. The normalized spacial score (nSPS) is 28.9. The minimum absolute atomic E-state index is 0.354. The van der Waals surface area contributed by atoms with Gasteiger partial charge in [-0.25, -0.2) is 0 Å². The molecule has 1 fully saturated rings. The highest BCUT2D eigenvalue weighted by molar-refractivity contribution is 7.07. The maximum atomic E-state index is 6.50. The Kier molecular flexibility index (Phi) is 4.10. The summed E-state index contributed by atoms with van der Waals surface area (Å²) in [6, 6.07) is 2.20. The molecule has 0 bridgehead atoms. The van der Waals surface area contributed by atoms with Gasteiger partial charge in [0.05, 0.1) is 0 Å². The molecule has 15 heavy (non-hydrogen) atoms. The predicted octanol–water partition coefficient (Wildman–Crippen LogP) is 4.72. The van der Waals surface area contributed by atoms with Crippen molar-refractivity contribution in [2.45, 2.75) is 44.4 Å². The topological polar surface area (TPSA) is 0 Å². The van der Waals surface area contributed by atoms with Crippen LogP contribution in [0.25, 0.3) is 0 Å². The molecule has 0 spiro atoms. The van der Waals surface area contributed by atoms with Crippen LogP contribution < -0.4 is 0 Å². The molecule has 0 radical (unpaired) electrons. The summed E-state index contributed by atoms with van der Waals surface area (Å²) in [4.78, 5) is 0. The summed E-state index contributed by atoms with van der Waals surface area (Å²) >= 11 is 8.27. The van der Waals surface area contributed by atoms with Crippen molar-refractivity contribution in [2.24, 2.45) is 11.8 Å². The minimum Gasteiger partial charge on any atom is -0.152 e. The van der Waals surface area contributed by atoms with Gasteiger partial charge in [0.25, 0.3) is 0 Å². The van der Waals surface area contributed by atoms with Crippen LogP contribution in [0.1, 0.15) is 38.2 Å². The molecule has 1 unspecified atom stereocenters. The Morgan fingerprint density at radius 2 is 2.13 bits per heavy atom. The first-order chi connectivity index (χ1) is 7.25. The second-order valence-corrected chi connectivity index (χ2v) is 6.21. The maximum Gasteiger partial charge on any atom is 0.0404 e. The smallest absolute Gasteiger partial charge is 0.0404 e. The number of thiophene rings is 1. The minimum atomic E-state index is 0.354. The van der Waals surface area contributed by atoms with Crippen LogP contribution in [0.2, 0.25) is 0 Å². The van der Waals surface area contributed by atoms with E-state index in [4.69, 9.17) is 11.6 Å². The molecule has 0 aliphatic heterocycles. The van der Waals surface area contributed by atoms with Crippen molar-refractivity contribution >= 4 is 22.9 Å². The van der Waals surface area contributed by atoms with Crippen molar-refractivity contribution in [3.05, 3.63) is 22.4 Å². The van der Waals surface area contributed by atoms with E-state index in [1.165, 1.54) is 31.2 Å². The van der Waals surface area contributed by atoms with Gasteiger partial charge in [0.1, 0.15) is 0 Å². The molecule has 1 aliphatic carbocycles. The van der Waals surface area contributed by atoms with Gasteiger partial charge in [0.2, 0.25) is 0 Å². The Hall–Kier alpha value is -0.0100. The zero-order chi connectivity index (χ0) is 10.7. The van der Waals surface area contributed by atoms with Crippen LogP contribution in [0.15, 0.2) is 16.8 Å². The van der Waals surface area contributed by atoms with E-state index in [9.17, 15) is 0 Å². The highest BCUT2D eigenvalue weighted by Gasteiger charge is 2.24. The first-order valence-electron chi connectivity index (χ1n) is 5.91. The second kappa shape index (κ2) is 5.36. The zero-order valence-corrected chi connectivity index (χ0v) is 10.9. The summed E-state index contributed by atoms with van der Waals surface area (Å²) in [5.41, 5.74) is 1.42. The molecule has 1 aromatic rings. The molecule has 84 valence electrons. The molecule has 2 heteroatoms. The third-order valence-electron chi connectivity index (χ3n) is 3.58. The van der Waals surface area contributed by atoms with E-state index in [1.54, 1.807) is 11.3 Å². The van der Waals surface area contributed by atoms with Gasteiger partial charge in [-0.05, 0) is 53.5 Å². The summed E-state index contributed by atoms with van der Waals surface area (Å²) in [5.74, 6) is 1.68. The molecule has 1 atom stereocenters. The fourth-order valence-electron chi connectivity index (χ4n) is 2.45. The lowest BCUT2D eigenvalue weighted by molar-refractivity contribution is 0.281. The van der Waals surface area contributed by atoms with Gasteiger partial charge in [-0.2, -0.15) is 11.3 Å². The summed E-state index contributed by atoms with van der Waals surface area (Å²) in [6.45, 7) is 2.36. The van der Waals surface area contributed by atoms with Gasteiger partial charge in [0.15, 0.2) is 0 Å². The van der Waals surface area contributed by atoms with Crippen molar-refractivity contribution in [2.75, 3.05) is 0 Å². The number of rotatable bonds is 3. The molecule has 0 saturated heterocycles. The average molecular weight is 243 g/mol. The highest BCUT2D eigenvalue weighted by Crippen LogP contribution is 2.33. The first-order valence-corrected chi connectivity index (χ1v) is 7.29. The second-order valence-electron chi connectivity index (χ2n) is 4.87. The Labute approximate surface area is 102 Å². The van der Waals surface area contributed by atoms with Crippen molar-refractivity contribution in [1.29, 1.82) is 0 Å². The van der Waals surface area contributed by atoms with Crippen LogP contribution in [0.5, 0.6) is 0 Å². The lowest BCUT2D eigenvalue weighted by Crippen LogP contribution is -2.22. The maximum absolute atomic E-state index is 6.50. The Morgan fingerprint density at radius 1 is 1.40 bits per heavy atom. The third-order valence-corrected chi connectivity index (χ3v) is 4.83. The largest absolute Gasteiger partial charge is 0.152 e. The van der Waals surface area contributed by atoms with Crippen LogP contribution in [-0.4, -0.2) is 5.38 Å². The van der Waals surface area contributed by atoms with Crippen molar-refractivity contribution < 1.29 is 0 Å².